The summed E-state index contributed by atoms with van der Waals surface area (Å²) in [5, 5.41) is 12.1. The van der Waals surface area contributed by atoms with E-state index in [-0.39, 0.29) is 18.2 Å². The van der Waals surface area contributed by atoms with Crippen molar-refractivity contribution in [3.05, 3.63) is 58.9 Å². The fourth-order valence-electron chi connectivity index (χ4n) is 1.81. The van der Waals surface area contributed by atoms with Crippen molar-refractivity contribution in [3.8, 4) is 0 Å². The van der Waals surface area contributed by atoms with Crippen LogP contribution in [0, 0.1) is 0 Å². The highest BCUT2D eigenvalue weighted by atomic mass is 35.5. The zero-order valence-corrected chi connectivity index (χ0v) is 11.6. The Hall–Kier alpha value is -1.91. The molecule has 5 heteroatoms. The molecule has 20 heavy (non-hydrogen) atoms. The van der Waals surface area contributed by atoms with Gasteiger partial charge < -0.3 is 10.4 Å². The molecule has 0 aliphatic carbocycles. The molecular weight excluding hydrogens is 276 g/mol. The number of rotatable bonds is 5. The number of amides is 1. The quantitative estimate of drug-likeness (QED) is 0.890. The molecule has 0 unspecified atom stereocenters. The summed E-state index contributed by atoms with van der Waals surface area (Å²) in [4.78, 5) is 16.0. The molecule has 0 saturated carbocycles. The fraction of sp³-hybridized carbons (Fsp3) is 0.200. The SMILES string of the molecule is O=C(Nc1cccc(CCCO)c1)c1cc(Cl)ccn1. The minimum Gasteiger partial charge on any atom is -0.396 e. The Morgan fingerprint density at radius 1 is 1.30 bits per heavy atom. The van der Waals surface area contributed by atoms with Crippen LogP contribution in [0.2, 0.25) is 5.02 Å². The summed E-state index contributed by atoms with van der Waals surface area (Å²) in [6, 6.07) is 10.7. The lowest BCUT2D eigenvalue weighted by atomic mass is 10.1. The Labute approximate surface area is 122 Å². The lowest BCUT2D eigenvalue weighted by Gasteiger charge is -2.07. The number of anilines is 1. The van der Waals surface area contributed by atoms with Crippen molar-refractivity contribution in [2.45, 2.75) is 12.8 Å². The molecule has 1 aromatic carbocycles. The molecule has 2 rings (SSSR count). The first-order chi connectivity index (χ1) is 9.69. The molecule has 1 amide bonds. The average molecular weight is 291 g/mol. The lowest BCUT2D eigenvalue weighted by Crippen LogP contribution is -2.13. The zero-order chi connectivity index (χ0) is 14.4. The Bertz CT molecular complexity index is 602. The van der Waals surface area contributed by atoms with E-state index in [4.69, 9.17) is 16.7 Å². The van der Waals surface area contributed by atoms with Crippen LogP contribution in [0.4, 0.5) is 5.69 Å². The van der Waals surface area contributed by atoms with Crippen LogP contribution in [-0.4, -0.2) is 22.6 Å². The number of benzene rings is 1. The fourth-order valence-corrected chi connectivity index (χ4v) is 1.97. The van der Waals surface area contributed by atoms with E-state index in [0.29, 0.717) is 17.1 Å². The van der Waals surface area contributed by atoms with Gasteiger partial charge in [0.2, 0.25) is 0 Å². The highest BCUT2D eigenvalue weighted by Gasteiger charge is 2.08. The highest BCUT2D eigenvalue weighted by molar-refractivity contribution is 6.30. The summed E-state index contributed by atoms with van der Waals surface area (Å²) < 4.78 is 0. The highest BCUT2D eigenvalue weighted by Crippen LogP contribution is 2.14. The number of hydrogen-bond donors (Lipinski definition) is 2. The number of pyridine rings is 1. The van der Waals surface area contributed by atoms with Crippen LogP contribution < -0.4 is 5.32 Å². The first kappa shape index (κ1) is 14.5. The van der Waals surface area contributed by atoms with Gasteiger partial charge in [0, 0.05) is 23.5 Å². The van der Waals surface area contributed by atoms with Gasteiger partial charge in [-0.05, 0) is 42.7 Å². The predicted molar refractivity (Wildman–Crippen MR) is 79.0 cm³/mol. The number of hydrogen-bond acceptors (Lipinski definition) is 3. The number of aliphatic hydroxyl groups is 1. The molecular formula is C15H15ClN2O2. The summed E-state index contributed by atoms with van der Waals surface area (Å²) in [7, 11) is 0. The molecule has 104 valence electrons. The molecule has 0 atom stereocenters. The standard InChI is InChI=1S/C15H15ClN2O2/c16-12-6-7-17-14(10-12)15(20)18-13-5-1-3-11(9-13)4-2-8-19/h1,3,5-7,9-10,19H,2,4,8H2,(H,18,20). The average Bonchev–Trinajstić information content (AvgIpc) is 2.45. The third kappa shape index (κ3) is 4.05. The maximum Gasteiger partial charge on any atom is 0.274 e. The molecule has 2 N–H and O–H groups in total. The van der Waals surface area contributed by atoms with Gasteiger partial charge in [-0.15, -0.1) is 0 Å². The number of carbonyl (C=O) groups is 1. The second-order valence-corrected chi connectivity index (χ2v) is 4.78. The molecule has 0 spiro atoms. The smallest absolute Gasteiger partial charge is 0.274 e. The molecule has 2 aromatic rings. The van der Waals surface area contributed by atoms with Crippen LogP contribution in [0.5, 0.6) is 0 Å². The van der Waals surface area contributed by atoms with Crippen LogP contribution in [0.15, 0.2) is 42.6 Å². The van der Waals surface area contributed by atoms with Crippen molar-refractivity contribution >= 4 is 23.2 Å². The van der Waals surface area contributed by atoms with E-state index >= 15 is 0 Å². The van der Waals surface area contributed by atoms with Gasteiger partial charge in [0.25, 0.3) is 5.91 Å². The summed E-state index contributed by atoms with van der Waals surface area (Å²) in [6.45, 7) is 0.156. The van der Waals surface area contributed by atoms with Gasteiger partial charge in [0.15, 0.2) is 0 Å². The third-order valence-corrected chi connectivity index (χ3v) is 3.00. The summed E-state index contributed by atoms with van der Waals surface area (Å²) in [5.74, 6) is -0.299. The molecule has 0 aliphatic heterocycles. The zero-order valence-electron chi connectivity index (χ0n) is 10.8. The van der Waals surface area contributed by atoms with Crippen LogP contribution in [0.3, 0.4) is 0 Å². The number of aryl methyl sites for hydroxylation is 1. The second-order valence-electron chi connectivity index (χ2n) is 4.34. The van der Waals surface area contributed by atoms with Gasteiger partial charge in [-0.2, -0.15) is 0 Å². The van der Waals surface area contributed by atoms with Gasteiger partial charge in [-0.25, -0.2) is 0 Å². The monoisotopic (exact) mass is 290 g/mol. The second kappa shape index (κ2) is 7.03. The number of carbonyl (C=O) groups excluding carboxylic acids is 1. The summed E-state index contributed by atoms with van der Waals surface area (Å²) in [6.07, 6.45) is 2.97. The minimum absolute atomic E-state index is 0.156. The molecule has 4 nitrogen and oxygen atoms in total. The first-order valence-electron chi connectivity index (χ1n) is 6.32. The predicted octanol–water partition coefficient (Wildman–Crippen LogP) is 2.91. The Morgan fingerprint density at radius 3 is 2.90 bits per heavy atom. The summed E-state index contributed by atoms with van der Waals surface area (Å²) in [5.41, 5.74) is 2.04. The van der Waals surface area contributed by atoms with Crippen LogP contribution >= 0.6 is 11.6 Å². The van der Waals surface area contributed by atoms with E-state index in [1.807, 2.05) is 24.3 Å². The van der Waals surface area contributed by atoms with Crippen LogP contribution in [0.25, 0.3) is 0 Å². The normalized spacial score (nSPS) is 10.3. The molecule has 1 heterocycles. The van der Waals surface area contributed by atoms with Crippen LogP contribution in [0.1, 0.15) is 22.5 Å². The molecule has 0 fully saturated rings. The number of nitrogens with zero attached hydrogens (tertiary/aromatic N) is 1. The Kier molecular flexibility index (Phi) is 5.09. The van der Waals surface area contributed by atoms with Crippen molar-refractivity contribution in [2.75, 3.05) is 11.9 Å². The van der Waals surface area contributed by atoms with E-state index in [0.717, 1.165) is 12.0 Å². The molecule has 0 radical (unpaired) electrons. The first-order valence-corrected chi connectivity index (χ1v) is 6.69. The molecule has 0 bridgehead atoms. The van der Waals surface area contributed by atoms with Gasteiger partial charge in [-0.3, -0.25) is 9.78 Å². The van der Waals surface area contributed by atoms with E-state index in [2.05, 4.69) is 10.3 Å². The van der Waals surface area contributed by atoms with Gasteiger partial charge in [0.1, 0.15) is 5.69 Å². The molecule has 1 aromatic heterocycles. The van der Waals surface area contributed by atoms with E-state index in [1.165, 1.54) is 12.3 Å². The number of aromatic nitrogens is 1. The van der Waals surface area contributed by atoms with Gasteiger partial charge in [0.05, 0.1) is 0 Å². The van der Waals surface area contributed by atoms with E-state index in [1.54, 1.807) is 6.07 Å². The van der Waals surface area contributed by atoms with Crippen molar-refractivity contribution in [1.29, 1.82) is 0 Å². The maximum absolute atomic E-state index is 12.0. The van der Waals surface area contributed by atoms with E-state index in [9.17, 15) is 4.79 Å². The van der Waals surface area contributed by atoms with Crippen molar-refractivity contribution in [1.82, 2.24) is 4.98 Å². The topological polar surface area (TPSA) is 62.2 Å². The number of halogens is 1. The van der Waals surface area contributed by atoms with Crippen molar-refractivity contribution in [3.63, 3.8) is 0 Å². The van der Waals surface area contributed by atoms with Crippen molar-refractivity contribution < 1.29 is 9.90 Å². The number of nitrogens with one attached hydrogen (secondary N) is 1. The Morgan fingerprint density at radius 2 is 2.15 bits per heavy atom. The van der Waals surface area contributed by atoms with Gasteiger partial charge in [-0.1, -0.05) is 23.7 Å². The van der Waals surface area contributed by atoms with Crippen molar-refractivity contribution in [2.24, 2.45) is 0 Å². The Balaban J connectivity index is 2.07. The lowest BCUT2D eigenvalue weighted by molar-refractivity contribution is 0.102. The van der Waals surface area contributed by atoms with Crippen LogP contribution in [-0.2, 0) is 6.42 Å². The number of aliphatic hydroxyl groups excluding tert-OH is 1. The largest absolute Gasteiger partial charge is 0.396 e. The molecule has 0 aliphatic rings. The molecule has 0 saturated heterocycles. The van der Waals surface area contributed by atoms with E-state index < -0.39 is 0 Å². The van der Waals surface area contributed by atoms with Gasteiger partial charge >= 0.3 is 0 Å². The third-order valence-electron chi connectivity index (χ3n) is 2.76. The maximum atomic E-state index is 12.0. The minimum atomic E-state index is -0.299. The summed E-state index contributed by atoms with van der Waals surface area (Å²) >= 11 is 5.83.